The van der Waals surface area contributed by atoms with Gasteiger partial charge in [0.1, 0.15) is 0 Å². The molecule has 200 valence electrons. The van der Waals surface area contributed by atoms with Crippen molar-refractivity contribution in [2.75, 3.05) is 43.8 Å². The lowest BCUT2D eigenvalue weighted by molar-refractivity contribution is 0.0577. The molecule has 0 atom stereocenters. The summed E-state index contributed by atoms with van der Waals surface area (Å²) in [6, 6.07) is 0.123. The first-order valence-electron chi connectivity index (χ1n) is 13.1. The lowest BCUT2D eigenvalue weighted by Crippen LogP contribution is -2.43. The van der Waals surface area contributed by atoms with Crippen LogP contribution in [0.15, 0.2) is 18.6 Å². The van der Waals surface area contributed by atoms with Crippen molar-refractivity contribution >= 4 is 16.0 Å². The standard InChI is InChI=1S/C25H41N7O3S/c1-20-16-26-24(29-23(20)21-17-27-31(18-21)19-25(2,3)33)28-22-8-13-32(14-9-22)36(34,35)15-7-12-30-10-5-4-6-11-30/h16-18,22,33H,4-15,19H2,1-3H3,(H,26,28,29). The van der Waals surface area contributed by atoms with Crippen molar-refractivity contribution in [3.05, 3.63) is 24.2 Å². The van der Waals surface area contributed by atoms with E-state index in [9.17, 15) is 13.5 Å². The van der Waals surface area contributed by atoms with Crippen LogP contribution in [0.3, 0.4) is 0 Å². The van der Waals surface area contributed by atoms with Crippen molar-refractivity contribution in [3.8, 4) is 11.3 Å². The predicted molar refractivity (Wildman–Crippen MR) is 141 cm³/mol. The van der Waals surface area contributed by atoms with E-state index < -0.39 is 15.6 Å². The van der Waals surface area contributed by atoms with Crippen LogP contribution in [0, 0.1) is 6.92 Å². The number of sulfonamides is 1. The zero-order valence-corrected chi connectivity index (χ0v) is 22.7. The molecular weight excluding hydrogens is 478 g/mol. The molecule has 0 spiro atoms. The highest BCUT2D eigenvalue weighted by molar-refractivity contribution is 7.89. The lowest BCUT2D eigenvalue weighted by atomic mass is 10.1. The molecule has 0 amide bonds. The van der Waals surface area contributed by atoms with E-state index in [2.05, 4.69) is 20.3 Å². The predicted octanol–water partition coefficient (Wildman–Crippen LogP) is 2.50. The summed E-state index contributed by atoms with van der Waals surface area (Å²) >= 11 is 0. The lowest BCUT2D eigenvalue weighted by Gasteiger charge is -2.32. The first-order chi connectivity index (χ1) is 17.1. The molecule has 0 radical (unpaired) electrons. The maximum absolute atomic E-state index is 12.9. The molecule has 2 fully saturated rings. The van der Waals surface area contributed by atoms with Gasteiger partial charge < -0.3 is 15.3 Å². The van der Waals surface area contributed by atoms with Gasteiger partial charge in [0.25, 0.3) is 0 Å². The third-order valence-corrected chi connectivity index (χ3v) is 8.89. The second-order valence-corrected chi connectivity index (χ2v) is 12.9. The van der Waals surface area contributed by atoms with E-state index in [1.165, 1.54) is 19.3 Å². The average Bonchev–Trinajstić information content (AvgIpc) is 3.28. The van der Waals surface area contributed by atoms with Gasteiger partial charge >= 0.3 is 0 Å². The summed E-state index contributed by atoms with van der Waals surface area (Å²) in [6.07, 6.45) is 11.3. The highest BCUT2D eigenvalue weighted by Crippen LogP contribution is 2.24. The number of piperidine rings is 2. The van der Waals surface area contributed by atoms with Crippen LogP contribution in [0.1, 0.15) is 57.9 Å². The average molecular weight is 520 g/mol. The normalized spacial score (nSPS) is 19.0. The topological polar surface area (TPSA) is 116 Å². The minimum Gasteiger partial charge on any atom is -0.389 e. The summed E-state index contributed by atoms with van der Waals surface area (Å²) in [4.78, 5) is 11.6. The van der Waals surface area contributed by atoms with Gasteiger partial charge in [-0.15, -0.1) is 0 Å². The van der Waals surface area contributed by atoms with Gasteiger partial charge in [-0.2, -0.15) is 5.10 Å². The molecular formula is C25H41N7O3S. The Bertz CT molecular complexity index is 1100. The van der Waals surface area contributed by atoms with E-state index in [0.717, 1.165) is 49.3 Å². The summed E-state index contributed by atoms with van der Waals surface area (Å²) in [7, 11) is -3.22. The molecule has 4 rings (SSSR count). The summed E-state index contributed by atoms with van der Waals surface area (Å²) in [6.45, 7) is 9.96. The Morgan fingerprint density at radius 1 is 1.11 bits per heavy atom. The molecule has 2 aromatic rings. The number of anilines is 1. The Morgan fingerprint density at radius 2 is 1.83 bits per heavy atom. The SMILES string of the molecule is Cc1cnc(NC2CCN(S(=O)(=O)CCCN3CCCCC3)CC2)nc1-c1cnn(CC(C)(C)O)c1. The second kappa shape index (κ2) is 11.5. The van der Waals surface area contributed by atoms with Crippen LogP contribution < -0.4 is 5.32 Å². The van der Waals surface area contributed by atoms with E-state index in [1.807, 2.05) is 13.1 Å². The first kappa shape index (κ1) is 27.0. The maximum Gasteiger partial charge on any atom is 0.223 e. The maximum atomic E-state index is 12.9. The zero-order valence-electron chi connectivity index (χ0n) is 21.9. The van der Waals surface area contributed by atoms with Gasteiger partial charge in [0, 0.05) is 37.1 Å². The van der Waals surface area contributed by atoms with Crippen LogP contribution in [0.4, 0.5) is 5.95 Å². The van der Waals surface area contributed by atoms with Crippen molar-refractivity contribution in [2.24, 2.45) is 0 Å². The fraction of sp³-hybridized carbons (Fsp3) is 0.720. The number of aryl methyl sites for hydroxylation is 1. The molecule has 0 aromatic carbocycles. The van der Waals surface area contributed by atoms with E-state index in [0.29, 0.717) is 32.0 Å². The van der Waals surface area contributed by atoms with Gasteiger partial charge in [-0.1, -0.05) is 6.42 Å². The van der Waals surface area contributed by atoms with E-state index in [4.69, 9.17) is 4.98 Å². The van der Waals surface area contributed by atoms with Crippen molar-refractivity contribution in [1.82, 2.24) is 29.0 Å². The first-order valence-corrected chi connectivity index (χ1v) is 14.8. The molecule has 0 saturated carbocycles. The third-order valence-electron chi connectivity index (χ3n) is 6.93. The fourth-order valence-corrected chi connectivity index (χ4v) is 6.54. The summed E-state index contributed by atoms with van der Waals surface area (Å²) in [5, 5.41) is 17.8. The minimum atomic E-state index is -3.22. The number of aliphatic hydroxyl groups is 1. The smallest absolute Gasteiger partial charge is 0.223 e. The van der Waals surface area contributed by atoms with Crippen molar-refractivity contribution in [1.29, 1.82) is 0 Å². The Labute approximate surface area is 215 Å². The van der Waals surface area contributed by atoms with Crippen LogP contribution in [0.25, 0.3) is 11.3 Å². The molecule has 2 aliphatic heterocycles. The minimum absolute atomic E-state index is 0.123. The van der Waals surface area contributed by atoms with Gasteiger partial charge in [0.15, 0.2) is 0 Å². The highest BCUT2D eigenvalue weighted by atomic mass is 32.2. The second-order valence-electron chi connectivity index (χ2n) is 10.9. The Hall–Kier alpha value is -2.08. The third kappa shape index (κ3) is 7.47. The molecule has 0 aliphatic carbocycles. The van der Waals surface area contributed by atoms with Gasteiger partial charge in [-0.25, -0.2) is 22.7 Å². The van der Waals surface area contributed by atoms with Crippen LogP contribution in [0.5, 0.6) is 0 Å². The Kier molecular flexibility index (Phi) is 8.64. The monoisotopic (exact) mass is 519 g/mol. The number of hydrogen-bond acceptors (Lipinski definition) is 8. The van der Waals surface area contributed by atoms with E-state index in [-0.39, 0.29) is 11.8 Å². The molecule has 2 aromatic heterocycles. The van der Waals surface area contributed by atoms with Gasteiger partial charge in [0.05, 0.1) is 29.8 Å². The number of rotatable bonds is 10. The molecule has 0 unspecified atom stereocenters. The van der Waals surface area contributed by atoms with Gasteiger partial charge in [-0.3, -0.25) is 4.68 Å². The molecule has 11 heteroatoms. The quantitative estimate of drug-likeness (QED) is 0.492. The van der Waals surface area contributed by atoms with Crippen LogP contribution in [-0.2, 0) is 16.6 Å². The molecule has 0 bridgehead atoms. The summed E-state index contributed by atoms with van der Waals surface area (Å²) < 4.78 is 29.1. The van der Waals surface area contributed by atoms with Gasteiger partial charge in [0.2, 0.25) is 16.0 Å². The Balaban J connectivity index is 1.29. The highest BCUT2D eigenvalue weighted by Gasteiger charge is 2.28. The fourth-order valence-electron chi connectivity index (χ4n) is 5.02. The molecule has 2 saturated heterocycles. The van der Waals surface area contributed by atoms with Crippen LogP contribution >= 0.6 is 0 Å². The van der Waals surface area contributed by atoms with E-state index in [1.54, 1.807) is 35.2 Å². The summed E-state index contributed by atoms with van der Waals surface area (Å²) in [5.74, 6) is 0.765. The molecule has 10 nitrogen and oxygen atoms in total. The molecule has 2 aliphatic rings. The van der Waals surface area contributed by atoms with Crippen molar-refractivity contribution < 1.29 is 13.5 Å². The largest absolute Gasteiger partial charge is 0.389 e. The summed E-state index contributed by atoms with van der Waals surface area (Å²) in [5.41, 5.74) is 1.75. The van der Waals surface area contributed by atoms with Crippen LogP contribution in [0.2, 0.25) is 0 Å². The number of aromatic nitrogens is 4. The van der Waals surface area contributed by atoms with Gasteiger partial charge in [-0.05, 0) is 78.1 Å². The molecule has 36 heavy (non-hydrogen) atoms. The van der Waals surface area contributed by atoms with Crippen molar-refractivity contribution in [3.63, 3.8) is 0 Å². The number of likely N-dealkylation sites (tertiary alicyclic amines) is 1. The molecule has 4 heterocycles. The Morgan fingerprint density at radius 3 is 2.53 bits per heavy atom. The number of nitrogens with one attached hydrogen (secondary N) is 1. The van der Waals surface area contributed by atoms with E-state index >= 15 is 0 Å². The van der Waals surface area contributed by atoms with Crippen LogP contribution in [-0.4, -0.2) is 92.6 Å². The van der Waals surface area contributed by atoms with Crippen molar-refractivity contribution in [2.45, 2.75) is 77.5 Å². The number of hydrogen-bond donors (Lipinski definition) is 2. The number of nitrogens with zero attached hydrogens (tertiary/aromatic N) is 6. The molecule has 2 N–H and O–H groups in total. The zero-order chi connectivity index (χ0) is 25.8.